The third-order valence-corrected chi connectivity index (χ3v) is 3.69. The molecule has 0 amide bonds. The van der Waals surface area contributed by atoms with Crippen molar-refractivity contribution in [3.8, 4) is 11.3 Å². The molecule has 104 valence electrons. The van der Waals surface area contributed by atoms with Crippen molar-refractivity contribution in [2.24, 2.45) is 0 Å². The van der Waals surface area contributed by atoms with Crippen LogP contribution < -0.4 is 0 Å². The summed E-state index contributed by atoms with van der Waals surface area (Å²) in [6.07, 6.45) is 1.66. The van der Waals surface area contributed by atoms with Crippen LogP contribution >= 0.6 is 23.2 Å². The van der Waals surface area contributed by atoms with Gasteiger partial charge in [-0.15, -0.1) is 0 Å². The molecule has 3 aromatic rings. The summed E-state index contributed by atoms with van der Waals surface area (Å²) < 4.78 is 0. The average Bonchev–Trinajstić information content (AvgIpc) is 2.47. The van der Waals surface area contributed by atoms with Gasteiger partial charge in [-0.25, -0.2) is 9.78 Å². The first-order chi connectivity index (χ1) is 10.1. The Labute approximate surface area is 130 Å². The van der Waals surface area contributed by atoms with Crippen LogP contribution in [-0.2, 0) is 0 Å². The van der Waals surface area contributed by atoms with E-state index in [0.29, 0.717) is 16.2 Å². The Morgan fingerprint density at radius 3 is 2.62 bits per heavy atom. The van der Waals surface area contributed by atoms with Crippen LogP contribution in [0.25, 0.3) is 22.2 Å². The molecule has 0 unspecified atom stereocenters. The maximum atomic E-state index is 11.0. The van der Waals surface area contributed by atoms with E-state index in [1.54, 1.807) is 30.5 Å². The van der Waals surface area contributed by atoms with Crippen molar-refractivity contribution in [3.05, 3.63) is 58.3 Å². The van der Waals surface area contributed by atoms with Gasteiger partial charge in [0.1, 0.15) is 5.15 Å². The molecule has 0 aliphatic heterocycles. The molecule has 0 saturated carbocycles. The van der Waals surface area contributed by atoms with E-state index in [1.165, 1.54) is 6.07 Å². The lowest BCUT2D eigenvalue weighted by molar-refractivity contribution is 0.0696. The lowest BCUT2D eigenvalue weighted by Crippen LogP contribution is -2.00. The van der Waals surface area contributed by atoms with Crippen LogP contribution in [0, 0.1) is 0 Å². The summed E-state index contributed by atoms with van der Waals surface area (Å²) in [5.41, 5.74) is 1.95. The second kappa shape index (κ2) is 5.31. The number of benzene rings is 1. The zero-order chi connectivity index (χ0) is 15.0. The lowest BCUT2D eigenvalue weighted by atomic mass is 10.1. The minimum absolute atomic E-state index is 0.0355. The number of pyridine rings is 2. The van der Waals surface area contributed by atoms with Gasteiger partial charge >= 0.3 is 5.97 Å². The van der Waals surface area contributed by atoms with E-state index in [0.717, 1.165) is 10.9 Å². The molecule has 0 atom stereocenters. The molecule has 6 heteroatoms. The number of aromatic carboxylic acids is 1. The largest absolute Gasteiger partial charge is 0.478 e. The van der Waals surface area contributed by atoms with Crippen molar-refractivity contribution in [1.29, 1.82) is 0 Å². The van der Waals surface area contributed by atoms with Gasteiger partial charge in [-0.1, -0.05) is 23.2 Å². The van der Waals surface area contributed by atoms with Gasteiger partial charge in [-0.3, -0.25) is 4.98 Å². The number of hydrogen-bond acceptors (Lipinski definition) is 3. The van der Waals surface area contributed by atoms with E-state index in [-0.39, 0.29) is 10.7 Å². The highest BCUT2D eigenvalue weighted by atomic mass is 35.5. The van der Waals surface area contributed by atoms with Gasteiger partial charge in [0.25, 0.3) is 0 Å². The Hall–Kier alpha value is -2.17. The number of halogens is 2. The minimum atomic E-state index is -1.11. The second-order valence-corrected chi connectivity index (χ2v) is 5.10. The van der Waals surface area contributed by atoms with Crippen LogP contribution in [0.2, 0.25) is 10.2 Å². The Morgan fingerprint density at radius 2 is 1.90 bits per heavy atom. The monoisotopic (exact) mass is 318 g/mol. The number of carboxylic acids is 1. The molecule has 0 radical (unpaired) electrons. The first-order valence-corrected chi connectivity index (χ1v) is 6.77. The topological polar surface area (TPSA) is 63.1 Å². The molecule has 0 saturated heterocycles. The standard InChI is InChI=1S/C15H8Cl2N2O2/c16-11-5-3-9(13-8(11)2-1-7-18-13)12-6-4-10(15(20)21)14(17)19-12/h1-7H,(H,20,21). The molecular weight excluding hydrogens is 311 g/mol. The highest BCUT2D eigenvalue weighted by Gasteiger charge is 2.14. The Morgan fingerprint density at radius 1 is 1.10 bits per heavy atom. The quantitative estimate of drug-likeness (QED) is 0.715. The molecule has 1 N–H and O–H groups in total. The molecule has 2 aromatic heterocycles. The smallest absolute Gasteiger partial charge is 0.338 e. The summed E-state index contributed by atoms with van der Waals surface area (Å²) in [5.74, 6) is -1.11. The van der Waals surface area contributed by atoms with Gasteiger partial charge in [0.2, 0.25) is 0 Å². The maximum Gasteiger partial charge on any atom is 0.338 e. The highest BCUT2D eigenvalue weighted by molar-refractivity contribution is 6.36. The number of aromatic nitrogens is 2. The summed E-state index contributed by atoms with van der Waals surface area (Å²) >= 11 is 12.1. The van der Waals surface area contributed by atoms with Crippen LogP contribution in [0.4, 0.5) is 0 Å². The average molecular weight is 319 g/mol. The Bertz CT molecular complexity index is 865. The fourth-order valence-corrected chi connectivity index (χ4v) is 2.54. The number of fused-ring (bicyclic) bond motifs is 1. The van der Waals surface area contributed by atoms with E-state index in [4.69, 9.17) is 28.3 Å². The molecule has 0 fully saturated rings. The number of nitrogens with zero attached hydrogens (tertiary/aromatic N) is 2. The van der Waals surface area contributed by atoms with Crippen LogP contribution in [0.3, 0.4) is 0 Å². The number of carboxylic acid groups (broad SMARTS) is 1. The molecule has 3 rings (SSSR count). The zero-order valence-corrected chi connectivity index (χ0v) is 12.1. The fraction of sp³-hybridized carbons (Fsp3) is 0. The summed E-state index contributed by atoms with van der Waals surface area (Å²) in [6, 6.07) is 10.2. The van der Waals surface area contributed by atoms with Gasteiger partial charge in [-0.2, -0.15) is 0 Å². The van der Waals surface area contributed by atoms with E-state index in [2.05, 4.69) is 9.97 Å². The van der Waals surface area contributed by atoms with Crippen molar-refractivity contribution >= 4 is 40.1 Å². The number of rotatable bonds is 2. The maximum absolute atomic E-state index is 11.0. The summed E-state index contributed by atoms with van der Waals surface area (Å²) in [6.45, 7) is 0. The van der Waals surface area contributed by atoms with E-state index >= 15 is 0 Å². The van der Waals surface area contributed by atoms with Gasteiger partial charge in [0.15, 0.2) is 0 Å². The molecule has 0 bridgehead atoms. The normalized spacial score (nSPS) is 10.8. The molecule has 0 aliphatic carbocycles. The van der Waals surface area contributed by atoms with Gasteiger partial charge in [-0.05, 0) is 36.4 Å². The Balaban J connectivity index is 2.24. The van der Waals surface area contributed by atoms with Crippen molar-refractivity contribution in [2.75, 3.05) is 0 Å². The van der Waals surface area contributed by atoms with Gasteiger partial charge in [0, 0.05) is 17.1 Å². The van der Waals surface area contributed by atoms with Crippen LogP contribution in [0.5, 0.6) is 0 Å². The molecule has 0 spiro atoms. The summed E-state index contributed by atoms with van der Waals surface area (Å²) in [7, 11) is 0. The summed E-state index contributed by atoms with van der Waals surface area (Å²) in [4.78, 5) is 19.4. The van der Waals surface area contributed by atoms with Crippen molar-refractivity contribution in [1.82, 2.24) is 9.97 Å². The van der Waals surface area contributed by atoms with Crippen LogP contribution in [0.15, 0.2) is 42.6 Å². The zero-order valence-electron chi connectivity index (χ0n) is 10.5. The third kappa shape index (κ3) is 2.44. The minimum Gasteiger partial charge on any atom is -0.478 e. The van der Waals surface area contributed by atoms with Crippen molar-refractivity contribution in [2.45, 2.75) is 0 Å². The number of carbonyl (C=O) groups is 1. The SMILES string of the molecule is O=C(O)c1ccc(-c2ccc(Cl)c3cccnc23)nc1Cl. The fourth-order valence-electron chi connectivity index (χ4n) is 2.09. The third-order valence-electron chi connectivity index (χ3n) is 3.07. The highest BCUT2D eigenvalue weighted by Crippen LogP contribution is 2.31. The summed E-state index contributed by atoms with van der Waals surface area (Å²) in [5, 5.41) is 10.3. The first-order valence-electron chi connectivity index (χ1n) is 6.01. The number of hydrogen-bond donors (Lipinski definition) is 1. The lowest BCUT2D eigenvalue weighted by Gasteiger charge is -2.08. The van der Waals surface area contributed by atoms with Crippen LogP contribution in [0.1, 0.15) is 10.4 Å². The molecule has 4 nitrogen and oxygen atoms in total. The van der Waals surface area contributed by atoms with Crippen molar-refractivity contribution < 1.29 is 9.90 Å². The second-order valence-electron chi connectivity index (χ2n) is 4.33. The van der Waals surface area contributed by atoms with E-state index in [1.807, 2.05) is 6.07 Å². The molecule has 0 aliphatic rings. The molecule has 2 heterocycles. The predicted octanol–water partition coefficient (Wildman–Crippen LogP) is 4.30. The van der Waals surface area contributed by atoms with E-state index < -0.39 is 5.97 Å². The van der Waals surface area contributed by atoms with E-state index in [9.17, 15) is 4.79 Å². The van der Waals surface area contributed by atoms with Gasteiger partial charge < -0.3 is 5.11 Å². The Kier molecular flexibility index (Phi) is 3.49. The van der Waals surface area contributed by atoms with Crippen LogP contribution in [-0.4, -0.2) is 21.0 Å². The predicted molar refractivity (Wildman–Crippen MR) is 82.0 cm³/mol. The molecular formula is C15H8Cl2N2O2. The first kappa shape index (κ1) is 13.8. The molecule has 21 heavy (non-hydrogen) atoms. The van der Waals surface area contributed by atoms with Crippen molar-refractivity contribution in [3.63, 3.8) is 0 Å². The van der Waals surface area contributed by atoms with Gasteiger partial charge in [0.05, 0.1) is 21.8 Å². The molecule has 1 aromatic carbocycles.